The van der Waals surface area contributed by atoms with Crippen LogP contribution in [0.2, 0.25) is 0 Å². The number of hydrogen-bond acceptors (Lipinski definition) is 4. The summed E-state index contributed by atoms with van der Waals surface area (Å²) in [6.07, 6.45) is 0. The van der Waals surface area contributed by atoms with E-state index in [1.54, 1.807) is 11.3 Å². The van der Waals surface area contributed by atoms with Crippen LogP contribution in [-0.2, 0) is 9.63 Å². The lowest BCUT2D eigenvalue weighted by Crippen LogP contribution is -2.17. The Kier molecular flexibility index (Phi) is 4.90. The van der Waals surface area contributed by atoms with Crippen molar-refractivity contribution in [1.82, 2.24) is 0 Å². The fraction of sp³-hybridized carbons (Fsp3) is 0.200. The molecule has 0 saturated carbocycles. The Morgan fingerprint density at radius 2 is 2.10 bits per heavy atom. The van der Waals surface area contributed by atoms with E-state index in [9.17, 15) is 4.79 Å². The Bertz CT molecular complexity index is 606. The number of amides is 1. The fourth-order valence-electron chi connectivity index (χ4n) is 1.62. The van der Waals surface area contributed by atoms with Crippen LogP contribution in [0.4, 0.5) is 5.69 Å². The van der Waals surface area contributed by atoms with Crippen LogP contribution in [0.25, 0.3) is 0 Å². The van der Waals surface area contributed by atoms with Gasteiger partial charge in [-0.1, -0.05) is 29.4 Å². The second-order valence-electron chi connectivity index (χ2n) is 4.29. The lowest BCUT2D eigenvalue weighted by Gasteiger charge is -2.07. The van der Waals surface area contributed by atoms with Gasteiger partial charge in [0.2, 0.25) is 0 Å². The summed E-state index contributed by atoms with van der Waals surface area (Å²) in [4.78, 5) is 17.8. The molecule has 0 bridgehead atoms. The Morgan fingerprint density at radius 1 is 1.30 bits per heavy atom. The van der Waals surface area contributed by atoms with Crippen molar-refractivity contribution < 1.29 is 9.63 Å². The first-order valence-electron chi connectivity index (χ1n) is 6.23. The van der Waals surface area contributed by atoms with E-state index >= 15 is 0 Å². The van der Waals surface area contributed by atoms with Gasteiger partial charge in [-0.25, -0.2) is 0 Å². The Morgan fingerprint density at radius 3 is 2.80 bits per heavy atom. The van der Waals surface area contributed by atoms with E-state index in [1.165, 1.54) is 0 Å². The van der Waals surface area contributed by atoms with Gasteiger partial charge in [0.15, 0.2) is 6.61 Å². The number of oxime groups is 1. The van der Waals surface area contributed by atoms with Crippen LogP contribution < -0.4 is 5.32 Å². The molecule has 0 spiro atoms. The zero-order valence-electron chi connectivity index (χ0n) is 11.4. The zero-order chi connectivity index (χ0) is 14.4. The summed E-state index contributed by atoms with van der Waals surface area (Å²) in [5.74, 6) is -0.220. The lowest BCUT2D eigenvalue weighted by atomic mass is 10.2. The van der Waals surface area contributed by atoms with Crippen LogP contribution in [0.3, 0.4) is 0 Å². The SMILES string of the molecule is C/C(=N\OCC(=O)Nc1ccccc1C)c1cccs1. The average Bonchev–Trinajstić information content (AvgIpc) is 2.95. The third-order valence-electron chi connectivity index (χ3n) is 2.69. The number of nitrogens with zero attached hydrogens (tertiary/aromatic N) is 1. The highest BCUT2D eigenvalue weighted by atomic mass is 32.1. The lowest BCUT2D eigenvalue weighted by molar-refractivity contribution is -0.120. The maximum atomic E-state index is 11.7. The number of para-hydroxylation sites is 1. The highest BCUT2D eigenvalue weighted by molar-refractivity contribution is 7.12. The molecule has 1 N–H and O–H groups in total. The Hall–Kier alpha value is -2.14. The summed E-state index contributed by atoms with van der Waals surface area (Å²) >= 11 is 1.58. The van der Waals surface area contributed by atoms with E-state index in [4.69, 9.17) is 4.84 Å². The van der Waals surface area contributed by atoms with Gasteiger partial charge < -0.3 is 10.2 Å². The van der Waals surface area contributed by atoms with Crippen LogP contribution >= 0.6 is 11.3 Å². The van der Waals surface area contributed by atoms with Crippen molar-refractivity contribution in [2.75, 3.05) is 11.9 Å². The monoisotopic (exact) mass is 288 g/mol. The molecule has 5 heteroatoms. The van der Waals surface area contributed by atoms with E-state index in [-0.39, 0.29) is 12.5 Å². The summed E-state index contributed by atoms with van der Waals surface area (Å²) < 4.78 is 0. The van der Waals surface area contributed by atoms with E-state index in [1.807, 2.05) is 55.6 Å². The summed E-state index contributed by atoms with van der Waals surface area (Å²) in [5, 5.41) is 8.70. The highest BCUT2D eigenvalue weighted by Gasteiger charge is 2.05. The van der Waals surface area contributed by atoms with Crippen molar-refractivity contribution in [3.05, 3.63) is 52.2 Å². The maximum Gasteiger partial charge on any atom is 0.265 e. The van der Waals surface area contributed by atoms with Gasteiger partial charge in [-0.15, -0.1) is 11.3 Å². The predicted octanol–water partition coefficient (Wildman–Crippen LogP) is 3.44. The molecule has 0 aliphatic carbocycles. The molecule has 1 aromatic carbocycles. The van der Waals surface area contributed by atoms with Gasteiger partial charge in [0.1, 0.15) is 0 Å². The van der Waals surface area contributed by atoms with Crippen molar-refractivity contribution in [2.24, 2.45) is 5.16 Å². The predicted molar refractivity (Wildman–Crippen MR) is 82.3 cm³/mol. The molecule has 0 aliphatic heterocycles. The molecule has 0 saturated heterocycles. The van der Waals surface area contributed by atoms with Crippen molar-refractivity contribution in [3.8, 4) is 0 Å². The summed E-state index contributed by atoms with van der Waals surface area (Å²) in [6, 6.07) is 11.5. The molecule has 2 aromatic rings. The first-order chi connectivity index (χ1) is 9.66. The van der Waals surface area contributed by atoms with Crippen LogP contribution in [0.15, 0.2) is 46.9 Å². The van der Waals surface area contributed by atoms with E-state index in [0.29, 0.717) is 0 Å². The molecule has 1 aromatic heterocycles. The van der Waals surface area contributed by atoms with Gasteiger partial charge in [0, 0.05) is 5.69 Å². The molecule has 0 unspecified atom stereocenters. The molecular weight excluding hydrogens is 272 g/mol. The number of hydrogen-bond donors (Lipinski definition) is 1. The first-order valence-corrected chi connectivity index (χ1v) is 7.10. The third kappa shape index (κ3) is 3.93. The minimum Gasteiger partial charge on any atom is -0.385 e. The number of thiophene rings is 1. The van der Waals surface area contributed by atoms with Gasteiger partial charge in [-0.2, -0.15) is 0 Å². The quantitative estimate of drug-likeness (QED) is 0.677. The van der Waals surface area contributed by atoms with Crippen LogP contribution in [0.5, 0.6) is 0 Å². The molecular formula is C15H16N2O2S. The van der Waals surface area contributed by atoms with Gasteiger partial charge in [0.25, 0.3) is 5.91 Å². The largest absolute Gasteiger partial charge is 0.385 e. The number of carbonyl (C=O) groups is 1. The number of anilines is 1. The molecule has 2 rings (SSSR count). The number of benzene rings is 1. The molecule has 0 radical (unpaired) electrons. The second-order valence-corrected chi connectivity index (χ2v) is 5.24. The van der Waals surface area contributed by atoms with Crippen LogP contribution in [0, 0.1) is 6.92 Å². The normalized spacial score (nSPS) is 11.2. The molecule has 104 valence electrons. The molecule has 0 atom stereocenters. The smallest absolute Gasteiger partial charge is 0.265 e. The number of aryl methyl sites for hydroxylation is 1. The molecule has 20 heavy (non-hydrogen) atoms. The van der Waals surface area contributed by atoms with E-state index in [0.717, 1.165) is 21.8 Å². The number of nitrogens with one attached hydrogen (secondary N) is 1. The minimum absolute atomic E-state index is 0.100. The standard InChI is InChI=1S/C15H16N2O2S/c1-11-6-3-4-7-13(11)16-15(18)10-19-17-12(2)14-8-5-9-20-14/h3-9H,10H2,1-2H3,(H,16,18)/b17-12+. The van der Waals surface area contributed by atoms with Gasteiger partial charge in [0.05, 0.1) is 10.6 Å². The second kappa shape index (κ2) is 6.86. The zero-order valence-corrected chi connectivity index (χ0v) is 12.2. The van der Waals surface area contributed by atoms with Gasteiger partial charge in [-0.05, 0) is 36.9 Å². The van der Waals surface area contributed by atoms with E-state index < -0.39 is 0 Å². The molecule has 0 aliphatic rings. The average molecular weight is 288 g/mol. The Balaban J connectivity index is 1.84. The van der Waals surface area contributed by atoms with Crippen molar-refractivity contribution in [1.29, 1.82) is 0 Å². The van der Waals surface area contributed by atoms with Crippen molar-refractivity contribution in [3.63, 3.8) is 0 Å². The minimum atomic E-state index is -0.220. The number of carbonyl (C=O) groups excluding carboxylic acids is 1. The fourth-order valence-corrected chi connectivity index (χ4v) is 2.29. The van der Waals surface area contributed by atoms with Gasteiger partial charge >= 0.3 is 0 Å². The van der Waals surface area contributed by atoms with Crippen LogP contribution in [-0.4, -0.2) is 18.2 Å². The summed E-state index contributed by atoms with van der Waals surface area (Å²) in [7, 11) is 0. The molecule has 1 heterocycles. The Labute approximate surface area is 122 Å². The van der Waals surface area contributed by atoms with Crippen molar-refractivity contribution >= 4 is 28.6 Å². The van der Waals surface area contributed by atoms with Gasteiger partial charge in [-0.3, -0.25) is 4.79 Å². The molecule has 0 fully saturated rings. The highest BCUT2D eigenvalue weighted by Crippen LogP contribution is 2.13. The van der Waals surface area contributed by atoms with E-state index in [2.05, 4.69) is 10.5 Å². The molecule has 4 nitrogen and oxygen atoms in total. The van der Waals surface area contributed by atoms with Crippen molar-refractivity contribution in [2.45, 2.75) is 13.8 Å². The summed E-state index contributed by atoms with van der Waals surface area (Å²) in [5.41, 5.74) is 2.57. The summed E-state index contributed by atoms with van der Waals surface area (Å²) in [6.45, 7) is 3.69. The number of rotatable bonds is 5. The topological polar surface area (TPSA) is 50.7 Å². The maximum absolute atomic E-state index is 11.7. The third-order valence-corrected chi connectivity index (χ3v) is 3.67. The first kappa shape index (κ1) is 14.3. The van der Waals surface area contributed by atoms with Crippen LogP contribution in [0.1, 0.15) is 17.4 Å². The molecule has 1 amide bonds.